The second-order valence-electron chi connectivity index (χ2n) is 6.43. The van der Waals surface area contributed by atoms with Gasteiger partial charge in [0.25, 0.3) is 5.91 Å². The lowest BCUT2D eigenvalue weighted by atomic mass is 10.1. The Morgan fingerprint density at radius 1 is 1.30 bits per heavy atom. The van der Waals surface area contributed by atoms with Crippen molar-refractivity contribution in [1.29, 1.82) is 0 Å². The highest BCUT2D eigenvalue weighted by Crippen LogP contribution is 2.18. The third-order valence-corrected chi connectivity index (χ3v) is 5.95. The number of hydrogen-bond donors (Lipinski definition) is 1. The van der Waals surface area contributed by atoms with Crippen LogP contribution in [0.4, 0.5) is 0 Å². The van der Waals surface area contributed by atoms with E-state index >= 15 is 0 Å². The minimum atomic E-state index is -3.68. The van der Waals surface area contributed by atoms with Gasteiger partial charge in [-0.05, 0) is 31.0 Å². The standard InChI is InChI=1S/C18H24N4O4S/c1-15-3-4-16(13-17(15)18(23)22-9-11-26-12-10-22)27(24,25)20-5-2-7-21-8-6-19-14-21/h3-4,6,8,13-14,20H,2,5,7,9-12H2,1H3. The number of morpholine rings is 1. The highest BCUT2D eigenvalue weighted by molar-refractivity contribution is 7.89. The van der Waals surface area contributed by atoms with Crippen LogP contribution in [0.3, 0.4) is 0 Å². The minimum Gasteiger partial charge on any atom is -0.378 e. The molecule has 1 N–H and O–H groups in total. The molecule has 0 saturated carbocycles. The van der Waals surface area contributed by atoms with Crippen molar-refractivity contribution < 1.29 is 17.9 Å². The largest absolute Gasteiger partial charge is 0.378 e. The smallest absolute Gasteiger partial charge is 0.254 e. The number of nitrogens with one attached hydrogen (secondary N) is 1. The van der Waals surface area contributed by atoms with Crippen LogP contribution in [0.5, 0.6) is 0 Å². The Hall–Kier alpha value is -2.23. The van der Waals surface area contributed by atoms with E-state index in [0.717, 1.165) is 5.56 Å². The number of ether oxygens (including phenoxy) is 1. The number of amides is 1. The van der Waals surface area contributed by atoms with E-state index in [2.05, 4.69) is 9.71 Å². The molecule has 2 aromatic rings. The summed E-state index contributed by atoms with van der Waals surface area (Å²) < 4.78 is 34.9. The molecular formula is C18H24N4O4S. The summed E-state index contributed by atoms with van der Waals surface area (Å²) in [6.45, 7) is 4.83. The molecule has 3 rings (SSSR count). The number of carbonyl (C=O) groups is 1. The fourth-order valence-electron chi connectivity index (χ4n) is 2.91. The van der Waals surface area contributed by atoms with Gasteiger partial charge in [-0.15, -0.1) is 0 Å². The molecule has 27 heavy (non-hydrogen) atoms. The second-order valence-corrected chi connectivity index (χ2v) is 8.20. The predicted molar refractivity (Wildman–Crippen MR) is 99.9 cm³/mol. The topological polar surface area (TPSA) is 93.5 Å². The third kappa shape index (κ3) is 4.94. The molecule has 0 unspecified atom stereocenters. The number of hydrogen-bond acceptors (Lipinski definition) is 5. The first kappa shape index (κ1) is 19.5. The molecule has 1 saturated heterocycles. The van der Waals surface area contributed by atoms with Gasteiger partial charge < -0.3 is 14.2 Å². The SMILES string of the molecule is Cc1ccc(S(=O)(=O)NCCCn2ccnc2)cc1C(=O)N1CCOCC1. The average Bonchev–Trinajstić information content (AvgIpc) is 3.19. The maximum Gasteiger partial charge on any atom is 0.254 e. The molecule has 0 radical (unpaired) electrons. The summed E-state index contributed by atoms with van der Waals surface area (Å²) in [5, 5.41) is 0. The predicted octanol–water partition coefficient (Wildman–Crippen LogP) is 1.03. The molecule has 0 bridgehead atoms. The van der Waals surface area contributed by atoms with Gasteiger partial charge in [0.1, 0.15) is 0 Å². The Bertz CT molecular complexity index is 875. The molecule has 1 aliphatic heterocycles. The Labute approximate surface area is 159 Å². The number of carbonyl (C=O) groups excluding carboxylic acids is 1. The molecule has 1 amide bonds. The van der Waals surface area contributed by atoms with Crippen LogP contribution >= 0.6 is 0 Å². The molecular weight excluding hydrogens is 368 g/mol. The van der Waals surface area contributed by atoms with Gasteiger partial charge in [-0.2, -0.15) is 0 Å². The van der Waals surface area contributed by atoms with Gasteiger partial charge in [0.05, 0.1) is 24.4 Å². The minimum absolute atomic E-state index is 0.104. The summed E-state index contributed by atoms with van der Waals surface area (Å²) in [6, 6.07) is 4.67. The first-order valence-corrected chi connectivity index (χ1v) is 10.4. The molecule has 9 heteroatoms. The van der Waals surface area contributed by atoms with E-state index in [1.165, 1.54) is 12.1 Å². The molecule has 2 heterocycles. The quantitative estimate of drug-likeness (QED) is 0.711. The maximum atomic E-state index is 12.7. The van der Waals surface area contributed by atoms with E-state index in [4.69, 9.17) is 4.74 Å². The Balaban J connectivity index is 1.66. The van der Waals surface area contributed by atoms with E-state index in [1.54, 1.807) is 23.5 Å². The summed E-state index contributed by atoms with van der Waals surface area (Å²) >= 11 is 0. The normalized spacial score (nSPS) is 15.1. The van der Waals surface area contributed by atoms with Crippen LogP contribution in [0.15, 0.2) is 41.8 Å². The third-order valence-electron chi connectivity index (χ3n) is 4.49. The molecule has 1 fully saturated rings. The summed E-state index contributed by atoms with van der Waals surface area (Å²) in [6.07, 6.45) is 5.85. The zero-order chi connectivity index (χ0) is 19.3. The molecule has 1 aromatic carbocycles. The summed E-state index contributed by atoms with van der Waals surface area (Å²) in [4.78, 5) is 18.5. The van der Waals surface area contributed by atoms with Crippen molar-refractivity contribution in [2.24, 2.45) is 0 Å². The lowest BCUT2D eigenvalue weighted by Gasteiger charge is -2.27. The number of nitrogens with zero attached hydrogens (tertiary/aromatic N) is 3. The molecule has 1 aliphatic rings. The number of aromatic nitrogens is 2. The number of aryl methyl sites for hydroxylation is 2. The van der Waals surface area contributed by atoms with Crippen molar-refractivity contribution >= 4 is 15.9 Å². The number of sulfonamides is 1. The van der Waals surface area contributed by atoms with Gasteiger partial charge in [-0.1, -0.05) is 6.07 Å². The molecule has 0 spiro atoms. The van der Waals surface area contributed by atoms with Gasteiger partial charge in [0.15, 0.2) is 0 Å². The van der Waals surface area contributed by atoms with Crippen LogP contribution in [0, 0.1) is 6.92 Å². The lowest BCUT2D eigenvalue weighted by Crippen LogP contribution is -2.41. The summed E-state index contributed by atoms with van der Waals surface area (Å²) in [5.41, 5.74) is 1.17. The highest BCUT2D eigenvalue weighted by Gasteiger charge is 2.22. The van der Waals surface area contributed by atoms with Gasteiger partial charge in [-0.3, -0.25) is 4.79 Å². The van der Waals surface area contributed by atoms with E-state index < -0.39 is 10.0 Å². The highest BCUT2D eigenvalue weighted by atomic mass is 32.2. The van der Waals surface area contributed by atoms with E-state index in [0.29, 0.717) is 51.4 Å². The maximum absolute atomic E-state index is 12.7. The fraction of sp³-hybridized carbons (Fsp3) is 0.444. The van der Waals surface area contributed by atoms with Crippen LogP contribution in [-0.2, 0) is 21.3 Å². The van der Waals surface area contributed by atoms with Crippen LogP contribution in [0.2, 0.25) is 0 Å². The number of benzene rings is 1. The summed E-state index contributed by atoms with van der Waals surface area (Å²) in [5.74, 6) is -0.159. The Morgan fingerprint density at radius 2 is 2.07 bits per heavy atom. The summed E-state index contributed by atoms with van der Waals surface area (Å²) in [7, 11) is -3.68. The van der Waals surface area contributed by atoms with Gasteiger partial charge in [0, 0.05) is 44.1 Å². The molecule has 146 valence electrons. The first-order chi connectivity index (χ1) is 13.0. The van der Waals surface area contributed by atoms with Gasteiger partial charge in [0.2, 0.25) is 10.0 Å². The van der Waals surface area contributed by atoms with Crippen LogP contribution in [0.25, 0.3) is 0 Å². The zero-order valence-corrected chi connectivity index (χ0v) is 16.1. The van der Waals surface area contributed by atoms with Crippen molar-refractivity contribution in [3.63, 3.8) is 0 Å². The fourth-order valence-corrected chi connectivity index (χ4v) is 4.01. The molecule has 0 atom stereocenters. The first-order valence-electron chi connectivity index (χ1n) is 8.90. The van der Waals surface area contributed by atoms with Crippen molar-refractivity contribution in [2.75, 3.05) is 32.8 Å². The Kier molecular flexibility index (Phi) is 6.25. The van der Waals surface area contributed by atoms with Crippen molar-refractivity contribution in [1.82, 2.24) is 19.2 Å². The monoisotopic (exact) mass is 392 g/mol. The van der Waals surface area contributed by atoms with Crippen molar-refractivity contribution in [3.8, 4) is 0 Å². The van der Waals surface area contributed by atoms with E-state index in [1.807, 2.05) is 17.7 Å². The molecule has 0 aliphatic carbocycles. The molecule has 1 aromatic heterocycles. The van der Waals surface area contributed by atoms with Gasteiger partial charge in [-0.25, -0.2) is 18.1 Å². The average molecular weight is 392 g/mol. The van der Waals surface area contributed by atoms with Gasteiger partial charge >= 0.3 is 0 Å². The van der Waals surface area contributed by atoms with Crippen LogP contribution in [-0.4, -0.2) is 61.6 Å². The number of rotatable bonds is 7. The molecule has 8 nitrogen and oxygen atoms in total. The van der Waals surface area contributed by atoms with Crippen LogP contribution < -0.4 is 4.72 Å². The zero-order valence-electron chi connectivity index (χ0n) is 15.3. The Morgan fingerprint density at radius 3 is 2.78 bits per heavy atom. The lowest BCUT2D eigenvalue weighted by molar-refractivity contribution is 0.0302. The van der Waals surface area contributed by atoms with Crippen molar-refractivity contribution in [2.45, 2.75) is 24.8 Å². The second kappa shape index (κ2) is 8.64. The number of imidazole rings is 1. The van der Waals surface area contributed by atoms with E-state index in [-0.39, 0.29) is 10.8 Å². The van der Waals surface area contributed by atoms with E-state index in [9.17, 15) is 13.2 Å². The van der Waals surface area contributed by atoms with Crippen LogP contribution in [0.1, 0.15) is 22.3 Å². The van der Waals surface area contributed by atoms with Crippen molar-refractivity contribution in [3.05, 3.63) is 48.0 Å².